The molecule has 0 radical (unpaired) electrons. The Balaban J connectivity index is 2.04. The SMILES string of the molecule is NC(=S)c1ccc(NC2CCC(=O)NC2)cc1Br. The number of amides is 1. The molecule has 1 aromatic rings. The van der Waals surface area contributed by atoms with Crippen molar-refractivity contribution in [1.29, 1.82) is 0 Å². The van der Waals surface area contributed by atoms with Crippen molar-refractivity contribution in [2.24, 2.45) is 5.73 Å². The highest BCUT2D eigenvalue weighted by molar-refractivity contribution is 9.10. The quantitative estimate of drug-likeness (QED) is 0.740. The van der Waals surface area contributed by atoms with Crippen LogP contribution in [0, 0.1) is 0 Å². The van der Waals surface area contributed by atoms with Gasteiger partial charge in [-0.05, 0) is 40.5 Å². The number of halogens is 1. The molecule has 0 saturated carbocycles. The number of thiocarbonyl (C=S) groups is 1. The Morgan fingerprint density at radius 2 is 2.33 bits per heavy atom. The van der Waals surface area contributed by atoms with E-state index in [0.29, 0.717) is 18.0 Å². The van der Waals surface area contributed by atoms with Crippen molar-refractivity contribution in [2.45, 2.75) is 18.9 Å². The number of hydrogen-bond acceptors (Lipinski definition) is 3. The molecule has 0 spiro atoms. The fourth-order valence-corrected chi connectivity index (χ4v) is 2.80. The van der Waals surface area contributed by atoms with Crippen LogP contribution in [-0.2, 0) is 4.79 Å². The first-order chi connectivity index (χ1) is 8.56. The van der Waals surface area contributed by atoms with E-state index in [9.17, 15) is 4.79 Å². The summed E-state index contributed by atoms with van der Waals surface area (Å²) in [5.41, 5.74) is 7.41. The van der Waals surface area contributed by atoms with Gasteiger partial charge in [0.15, 0.2) is 0 Å². The van der Waals surface area contributed by atoms with Crippen LogP contribution >= 0.6 is 28.1 Å². The van der Waals surface area contributed by atoms with Gasteiger partial charge in [-0.15, -0.1) is 0 Å². The minimum absolute atomic E-state index is 0.123. The largest absolute Gasteiger partial charge is 0.389 e. The molecular weight excluding hydrogens is 314 g/mol. The molecule has 0 bridgehead atoms. The fraction of sp³-hybridized carbons (Fsp3) is 0.333. The Labute approximate surface area is 119 Å². The summed E-state index contributed by atoms with van der Waals surface area (Å²) < 4.78 is 0.875. The highest BCUT2D eigenvalue weighted by atomic mass is 79.9. The monoisotopic (exact) mass is 327 g/mol. The van der Waals surface area contributed by atoms with E-state index in [2.05, 4.69) is 26.6 Å². The molecule has 1 saturated heterocycles. The second-order valence-corrected chi connectivity index (χ2v) is 5.54. The molecule has 1 atom stereocenters. The number of benzene rings is 1. The first-order valence-corrected chi connectivity index (χ1v) is 6.89. The maximum Gasteiger partial charge on any atom is 0.220 e. The van der Waals surface area contributed by atoms with Gasteiger partial charge >= 0.3 is 0 Å². The van der Waals surface area contributed by atoms with Crippen molar-refractivity contribution in [3.05, 3.63) is 28.2 Å². The summed E-state index contributed by atoms with van der Waals surface area (Å²) in [7, 11) is 0. The molecule has 1 unspecified atom stereocenters. The zero-order valence-corrected chi connectivity index (χ0v) is 12.1. The lowest BCUT2D eigenvalue weighted by Gasteiger charge is -2.24. The Morgan fingerprint density at radius 1 is 1.56 bits per heavy atom. The van der Waals surface area contributed by atoms with Gasteiger partial charge in [-0.2, -0.15) is 0 Å². The van der Waals surface area contributed by atoms with E-state index >= 15 is 0 Å². The molecule has 4 nitrogen and oxygen atoms in total. The van der Waals surface area contributed by atoms with Crippen LogP contribution in [-0.4, -0.2) is 23.5 Å². The predicted octanol–water partition coefficient (Wildman–Crippen LogP) is 1.77. The third kappa shape index (κ3) is 3.20. The van der Waals surface area contributed by atoms with Gasteiger partial charge in [0, 0.05) is 34.7 Å². The molecule has 96 valence electrons. The van der Waals surface area contributed by atoms with Crippen LogP contribution in [0.4, 0.5) is 5.69 Å². The summed E-state index contributed by atoms with van der Waals surface area (Å²) in [6, 6.07) is 6.04. The Hall–Kier alpha value is -1.14. The fourth-order valence-electron chi connectivity index (χ4n) is 1.90. The number of carbonyl (C=O) groups is 1. The Morgan fingerprint density at radius 3 is 2.89 bits per heavy atom. The summed E-state index contributed by atoms with van der Waals surface area (Å²) in [4.78, 5) is 11.4. The van der Waals surface area contributed by atoms with Crippen molar-refractivity contribution < 1.29 is 4.79 Å². The zero-order valence-electron chi connectivity index (χ0n) is 9.70. The highest BCUT2D eigenvalue weighted by Gasteiger charge is 2.17. The predicted molar refractivity (Wildman–Crippen MR) is 79.7 cm³/mol. The standard InChI is InChI=1S/C12H14BrN3OS/c13-10-5-7(1-3-9(10)12(14)18)16-8-2-4-11(17)15-6-8/h1,3,5,8,16H,2,4,6H2,(H2,14,18)(H,15,17). The van der Waals surface area contributed by atoms with Gasteiger partial charge in [0.2, 0.25) is 5.91 Å². The lowest BCUT2D eigenvalue weighted by molar-refractivity contribution is -0.122. The molecule has 1 aliphatic heterocycles. The first-order valence-electron chi connectivity index (χ1n) is 5.69. The summed E-state index contributed by atoms with van der Waals surface area (Å²) in [5.74, 6) is 0.123. The highest BCUT2D eigenvalue weighted by Crippen LogP contribution is 2.22. The Bertz CT molecular complexity index is 482. The number of carbonyl (C=O) groups excluding carboxylic acids is 1. The first kappa shape index (κ1) is 13.3. The minimum Gasteiger partial charge on any atom is -0.389 e. The maximum atomic E-state index is 11.1. The lowest BCUT2D eigenvalue weighted by atomic mass is 10.1. The van der Waals surface area contributed by atoms with E-state index in [1.165, 1.54) is 0 Å². The number of anilines is 1. The van der Waals surface area contributed by atoms with Gasteiger partial charge in [0.25, 0.3) is 0 Å². The van der Waals surface area contributed by atoms with Gasteiger partial charge in [0.05, 0.1) is 0 Å². The molecule has 4 N–H and O–H groups in total. The number of hydrogen-bond donors (Lipinski definition) is 3. The van der Waals surface area contributed by atoms with Gasteiger partial charge in [-0.25, -0.2) is 0 Å². The number of piperidine rings is 1. The average molecular weight is 328 g/mol. The second-order valence-electron chi connectivity index (χ2n) is 4.24. The average Bonchev–Trinajstić information content (AvgIpc) is 2.32. The van der Waals surface area contributed by atoms with Crippen LogP contribution < -0.4 is 16.4 Å². The molecule has 18 heavy (non-hydrogen) atoms. The van der Waals surface area contributed by atoms with E-state index in [1.807, 2.05) is 18.2 Å². The van der Waals surface area contributed by atoms with Crippen molar-refractivity contribution >= 4 is 44.7 Å². The Kier molecular flexibility index (Phi) is 4.19. The second kappa shape index (κ2) is 5.67. The number of nitrogens with two attached hydrogens (primary N) is 1. The molecule has 1 amide bonds. The van der Waals surface area contributed by atoms with Crippen molar-refractivity contribution in [3.63, 3.8) is 0 Å². The van der Waals surface area contributed by atoms with Crippen molar-refractivity contribution in [2.75, 3.05) is 11.9 Å². The number of nitrogens with one attached hydrogen (secondary N) is 2. The van der Waals surface area contributed by atoms with E-state index < -0.39 is 0 Å². The van der Waals surface area contributed by atoms with E-state index in [4.69, 9.17) is 18.0 Å². The van der Waals surface area contributed by atoms with Gasteiger partial charge in [-0.3, -0.25) is 4.79 Å². The van der Waals surface area contributed by atoms with E-state index in [1.54, 1.807) is 0 Å². The van der Waals surface area contributed by atoms with Crippen LogP contribution in [0.3, 0.4) is 0 Å². The maximum absolute atomic E-state index is 11.1. The molecule has 2 rings (SSSR count). The van der Waals surface area contributed by atoms with Crippen LogP contribution in [0.25, 0.3) is 0 Å². The molecule has 1 heterocycles. The van der Waals surface area contributed by atoms with Crippen LogP contribution in [0.2, 0.25) is 0 Å². The van der Waals surface area contributed by atoms with Crippen molar-refractivity contribution in [3.8, 4) is 0 Å². The summed E-state index contributed by atoms with van der Waals surface area (Å²) in [6.45, 7) is 0.660. The van der Waals surface area contributed by atoms with Gasteiger partial charge in [-0.1, -0.05) is 12.2 Å². The molecule has 1 fully saturated rings. The van der Waals surface area contributed by atoms with Crippen molar-refractivity contribution in [1.82, 2.24) is 5.32 Å². The van der Waals surface area contributed by atoms with Gasteiger partial charge < -0.3 is 16.4 Å². The molecule has 0 aliphatic carbocycles. The summed E-state index contributed by atoms with van der Waals surface area (Å²) in [5, 5.41) is 6.22. The molecular formula is C12H14BrN3OS. The zero-order chi connectivity index (χ0) is 13.1. The minimum atomic E-state index is 0.123. The summed E-state index contributed by atoms with van der Waals surface area (Å²) >= 11 is 8.39. The normalized spacial score (nSPS) is 19.2. The van der Waals surface area contributed by atoms with E-state index in [0.717, 1.165) is 22.1 Å². The molecule has 1 aliphatic rings. The molecule has 1 aromatic carbocycles. The number of rotatable bonds is 3. The van der Waals surface area contributed by atoms with Crippen LogP contribution in [0.5, 0.6) is 0 Å². The molecule has 6 heteroatoms. The van der Waals surface area contributed by atoms with Crippen LogP contribution in [0.1, 0.15) is 18.4 Å². The smallest absolute Gasteiger partial charge is 0.220 e. The summed E-state index contributed by atoms with van der Waals surface area (Å²) in [6.07, 6.45) is 1.42. The van der Waals surface area contributed by atoms with Crippen LogP contribution in [0.15, 0.2) is 22.7 Å². The third-order valence-corrected chi connectivity index (χ3v) is 3.75. The topological polar surface area (TPSA) is 67.1 Å². The lowest BCUT2D eigenvalue weighted by Crippen LogP contribution is -2.41. The van der Waals surface area contributed by atoms with E-state index in [-0.39, 0.29) is 11.9 Å². The molecule has 0 aromatic heterocycles. The van der Waals surface area contributed by atoms with Gasteiger partial charge in [0.1, 0.15) is 4.99 Å². The third-order valence-electron chi connectivity index (χ3n) is 2.87.